The minimum Gasteiger partial charge on any atom is -0.399 e. The molecular weight excluding hydrogens is 184 g/mol. The summed E-state index contributed by atoms with van der Waals surface area (Å²) in [5.74, 6) is 0.778. The van der Waals surface area contributed by atoms with Gasteiger partial charge in [-0.1, -0.05) is 25.8 Å². The molecule has 2 unspecified atom stereocenters. The fraction of sp³-hybridized carbons (Fsp3) is 0.538. The Hall–Kier alpha value is -1.18. The summed E-state index contributed by atoms with van der Waals surface area (Å²) in [5, 5.41) is 3.59. The lowest BCUT2D eigenvalue weighted by Gasteiger charge is -2.30. The number of nitrogen functional groups attached to an aromatic ring is 1. The molecule has 1 aromatic rings. The van der Waals surface area contributed by atoms with Crippen LogP contribution in [0.2, 0.25) is 0 Å². The van der Waals surface area contributed by atoms with E-state index in [4.69, 9.17) is 5.73 Å². The van der Waals surface area contributed by atoms with Gasteiger partial charge in [0.2, 0.25) is 0 Å². The van der Waals surface area contributed by atoms with Crippen LogP contribution >= 0.6 is 0 Å². The second-order valence-corrected chi connectivity index (χ2v) is 4.64. The maximum absolute atomic E-state index is 5.76. The lowest BCUT2D eigenvalue weighted by molar-refractivity contribution is 0.349. The minimum atomic E-state index is 0.626. The van der Waals surface area contributed by atoms with Crippen LogP contribution < -0.4 is 11.1 Å². The summed E-state index contributed by atoms with van der Waals surface area (Å²) < 4.78 is 0. The van der Waals surface area contributed by atoms with Gasteiger partial charge in [-0.15, -0.1) is 0 Å². The zero-order valence-electron chi connectivity index (χ0n) is 9.37. The Labute approximate surface area is 91.9 Å². The minimum absolute atomic E-state index is 0.626. The average Bonchev–Trinajstić information content (AvgIpc) is 2.22. The molecule has 15 heavy (non-hydrogen) atoms. The van der Waals surface area contributed by atoms with Gasteiger partial charge in [-0.25, -0.2) is 0 Å². The monoisotopic (exact) mass is 204 g/mol. The lowest BCUT2D eigenvalue weighted by Crippen LogP contribution is -2.30. The Balaban J connectivity index is 2.01. The molecule has 2 atom stereocenters. The van der Waals surface area contributed by atoms with Crippen molar-refractivity contribution in [3.63, 3.8) is 0 Å². The maximum atomic E-state index is 5.76. The Morgan fingerprint density at radius 1 is 1.27 bits per heavy atom. The number of nitrogens with one attached hydrogen (secondary N) is 1. The highest BCUT2D eigenvalue weighted by Crippen LogP contribution is 2.27. The fourth-order valence-electron chi connectivity index (χ4n) is 2.37. The molecule has 0 radical (unpaired) electrons. The van der Waals surface area contributed by atoms with E-state index in [0.29, 0.717) is 6.04 Å². The van der Waals surface area contributed by atoms with Crippen LogP contribution in [0.15, 0.2) is 24.3 Å². The van der Waals surface area contributed by atoms with Crippen molar-refractivity contribution in [2.45, 2.75) is 38.6 Å². The van der Waals surface area contributed by atoms with Gasteiger partial charge >= 0.3 is 0 Å². The van der Waals surface area contributed by atoms with Gasteiger partial charge in [0.1, 0.15) is 0 Å². The van der Waals surface area contributed by atoms with Crippen molar-refractivity contribution >= 4 is 11.4 Å². The summed E-state index contributed by atoms with van der Waals surface area (Å²) in [4.78, 5) is 0. The largest absolute Gasteiger partial charge is 0.399 e. The highest BCUT2D eigenvalue weighted by Gasteiger charge is 2.20. The van der Waals surface area contributed by atoms with Gasteiger partial charge in [0.05, 0.1) is 0 Å². The molecule has 1 aliphatic carbocycles. The number of rotatable bonds is 2. The number of hydrogen-bond acceptors (Lipinski definition) is 2. The Bertz CT molecular complexity index is 322. The molecule has 0 amide bonds. The summed E-state index contributed by atoms with van der Waals surface area (Å²) in [5.41, 5.74) is 7.76. The van der Waals surface area contributed by atoms with E-state index >= 15 is 0 Å². The van der Waals surface area contributed by atoms with Gasteiger partial charge in [0.25, 0.3) is 0 Å². The first-order chi connectivity index (χ1) is 7.25. The zero-order valence-corrected chi connectivity index (χ0v) is 9.37. The van der Waals surface area contributed by atoms with Crippen LogP contribution in [-0.2, 0) is 0 Å². The van der Waals surface area contributed by atoms with Crippen LogP contribution in [0.4, 0.5) is 11.4 Å². The standard InChI is InChI=1S/C13H20N2/c1-10-5-2-3-8-13(10)15-12-7-4-6-11(14)9-12/h4,6-7,9-10,13,15H,2-3,5,8,14H2,1H3. The molecule has 0 saturated heterocycles. The molecule has 0 aromatic heterocycles. The molecule has 3 N–H and O–H groups in total. The van der Waals surface area contributed by atoms with Crippen LogP contribution in [0.25, 0.3) is 0 Å². The number of hydrogen-bond donors (Lipinski definition) is 2. The van der Waals surface area contributed by atoms with E-state index in [-0.39, 0.29) is 0 Å². The van der Waals surface area contributed by atoms with Crippen molar-refractivity contribution < 1.29 is 0 Å². The van der Waals surface area contributed by atoms with Gasteiger partial charge < -0.3 is 11.1 Å². The van der Waals surface area contributed by atoms with E-state index in [1.165, 1.54) is 25.7 Å². The van der Waals surface area contributed by atoms with E-state index in [9.17, 15) is 0 Å². The highest BCUT2D eigenvalue weighted by molar-refractivity contribution is 5.54. The van der Waals surface area contributed by atoms with E-state index in [0.717, 1.165) is 17.3 Å². The van der Waals surface area contributed by atoms with Gasteiger partial charge in [-0.2, -0.15) is 0 Å². The van der Waals surface area contributed by atoms with Crippen molar-refractivity contribution in [2.24, 2.45) is 5.92 Å². The van der Waals surface area contributed by atoms with Crippen molar-refractivity contribution in [3.05, 3.63) is 24.3 Å². The van der Waals surface area contributed by atoms with Crippen LogP contribution in [-0.4, -0.2) is 6.04 Å². The van der Waals surface area contributed by atoms with Crippen LogP contribution in [0.3, 0.4) is 0 Å². The zero-order chi connectivity index (χ0) is 10.7. The summed E-state index contributed by atoms with van der Waals surface area (Å²) in [6.07, 6.45) is 5.37. The molecule has 0 bridgehead atoms. The normalized spacial score (nSPS) is 26.2. The maximum Gasteiger partial charge on any atom is 0.0363 e. The smallest absolute Gasteiger partial charge is 0.0363 e. The predicted molar refractivity (Wildman–Crippen MR) is 65.9 cm³/mol. The third-order valence-electron chi connectivity index (χ3n) is 3.35. The van der Waals surface area contributed by atoms with Crippen molar-refractivity contribution in [1.29, 1.82) is 0 Å². The quantitative estimate of drug-likeness (QED) is 0.726. The molecule has 2 heteroatoms. The lowest BCUT2D eigenvalue weighted by atomic mass is 9.86. The number of anilines is 2. The molecule has 1 aliphatic rings. The highest BCUT2D eigenvalue weighted by atomic mass is 14.9. The molecular formula is C13H20N2. The van der Waals surface area contributed by atoms with E-state index in [1.54, 1.807) is 0 Å². The van der Waals surface area contributed by atoms with Crippen LogP contribution in [0, 0.1) is 5.92 Å². The van der Waals surface area contributed by atoms with E-state index in [2.05, 4.69) is 18.3 Å². The molecule has 0 heterocycles. The predicted octanol–water partition coefficient (Wildman–Crippen LogP) is 3.26. The second-order valence-electron chi connectivity index (χ2n) is 4.64. The average molecular weight is 204 g/mol. The molecule has 2 nitrogen and oxygen atoms in total. The van der Waals surface area contributed by atoms with Crippen LogP contribution in [0.1, 0.15) is 32.6 Å². The van der Waals surface area contributed by atoms with Gasteiger partial charge in [-0.3, -0.25) is 0 Å². The third kappa shape index (κ3) is 2.65. The van der Waals surface area contributed by atoms with Crippen LogP contribution in [0.5, 0.6) is 0 Å². The third-order valence-corrected chi connectivity index (χ3v) is 3.35. The van der Waals surface area contributed by atoms with Gasteiger partial charge in [0, 0.05) is 17.4 Å². The molecule has 1 saturated carbocycles. The first-order valence-electron chi connectivity index (χ1n) is 5.88. The first kappa shape index (κ1) is 10.3. The topological polar surface area (TPSA) is 38.0 Å². The van der Waals surface area contributed by atoms with Crippen molar-refractivity contribution in [3.8, 4) is 0 Å². The van der Waals surface area contributed by atoms with Gasteiger partial charge in [-0.05, 0) is 37.0 Å². The van der Waals surface area contributed by atoms with E-state index in [1.807, 2.05) is 18.2 Å². The number of benzene rings is 1. The summed E-state index contributed by atoms with van der Waals surface area (Å²) in [6, 6.07) is 8.67. The molecule has 0 spiro atoms. The second kappa shape index (κ2) is 4.56. The summed E-state index contributed by atoms with van der Waals surface area (Å²) in [6.45, 7) is 2.34. The fourth-order valence-corrected chi connectivity index (χ4v) is 2.37. The Kier molecular flexibility index (Phi) is 3.14. The molecule has 1 aromatic carbocycles. The van der Waals surface area contributed by atoms with Crippen molar-refractivity contribution in [2.75, 3.05) is 11.1 Å². The number of nitrogens with two attached hydrogens (primary N) is 1. The Morgan fingerprint density at radius 2 is 2.07 bits per heavy atom. The van der Waals surface area contributed by atoms with E-state index < -0.39 is 0 Å². The van der Waals surface area contributed by atoms with Crippen molar-refractivity contribution in [1.82, 2.24) is 0 Å². The molecule has 2 rings (SSSR count). The molecule has 0 aliphatic heterocycles. The van der Waals surface area contributed by atoms with Gasteiger partial charge in [0.15, 0.2) is 0 Å². The molecule has 1 fully saturated rings. The first-order valence-corrected chi connectivity index (χ1v) is 5.88. The summed E-state index contributed by atoms with van der Waals surface area (Å²) in [7, 11) is 0. The molecule has 82 valence electrons. The Morgan fingerprint density at radius 3 is 2.80 bits per heavy atom. The summed E-state index contributed by atoms with van der Waals surface area (Å²) >= 11 is 0. The SMILES string of the molecule is CC1CCCCC1Nc1cccc(N)c1.